The van der Waals surface area contributed by atoms with Crippen LogP contribution in [0.25, 0.3) is 0 Å². The molecule has 0 aromatic rings. The molecular weight excluding hydrogens is 386 g/mol. The Hall–Kier alpha value is -1.08. The highest BCUT2D eigenvalue weighted by Crippen LogP contribution is 2.32. The standard InChI is InChI=1S/C15H26ClN3O8/c16-6-7-19(18-25)14(23)17-15(24)12(22)11(21)10(8-20)27-13(15)26-9-4-2-1-3-5-9/h9-13,20-22,24H,1-8H2,(H,17,23)/t10-,11-,12+,13+,15+/m1/s1. The predicted molar refractivity (Wildman–Crippen MR) is 92.4 cm³/mol. The molecule has 0 unspecified atom stereocenters. The van der Waals surface area contributed by atoms with Crippen LogP contribution in [0.1, 0.15) is 32.1 Å². The molecule has 0 bridgehead atoms. The van der Waals surface area contributed by atoms with Crippen molar-refractivity contribution in [2.24, 2.45) is 5.29 Å². The highest BCUT2D eigenvalue weighted by atomic mass is 35.5. The number of amides is 2. The Kier molecular flexibility index (Phi) is 8.16. The number of hydrogen-bond donors (Lipinski definition) is 5. The SMILES string of the molecule is O=NN(CCCl)C(=O)N[C@@]1(O)[C@@H](OC2CCCCC2)O[C@H](CO)[C@@H](O)[C@@H]1O. The Morgan fingerprint density at radius 2 is 2.00 bits per heavy atom. The van der Waals surface area contributed by atoms with E-state index in [0.29, 0.717) is 17.9 Å². The molecule has 1 aliphatic carbocycles. The maximum absolute atomic E-state index is 12.2. The van der Waals surface area contributed by atoms with E-state index in [0.717, 1.165) is 19.3 Å². The summed E-state index contributed by atoms with van der Waals surface area (Å²) in [5.41, 5.74) is -2.57. The van der Waals surface area contributed by atoms with Crippen LogP contribution in [-0.4, -0.2) is 86.9 Å². The van der Waals surface area contributed by atoms with Crippen LogP contribution in [0.5, 0.6) is 0 Å². The lowest BCUT2D eigenvalue weighted by Gasteiger charge is -2.48. The van der Waals surface area contributed by atoms with Gasteiger partial charge in [0, 0.05) is 5.88 Å². The first-order valence-electron chi connectivity index (χ1n) is 8.86. The molecule has 1 aliphatic heterocycles. The Labute approximate surface area is 161 Å². The van der Waals surface area contributed by atoms with Crippen molar-refractivity contribution >= 4 is 17.6 Å². The monoisotopic (exact) mass is 411 g/mol. The van der Waals surface area contributed by atoms with Crippen molar-refractivity contribution in [2.75, 3.05) is 19.0 Å². The van der Waals surface area contributed by atoms with Crippen LogP contribution in [0, 0.1) is 4.91 Å². The molecule has 5 N–H and O–H groups in total. The van der Waals surface area contributed by atoms with Crippen LogP contribution in [0.15, 0.2) is 5.29 Å². The smallest absolute Gasteiger partial charge is 0.342 e. The first-order chi connectivity index (χ1) is 12.9. The van der Waals surface area contributed by atoms with E-state index in [-0.39, 0.29) is 18.5 Å². The first kappa shape index (κ1) is 22.2. The third kappa shape index (κ3) is 5.05. The van der Waals surface area contributed by atoms with Gasteiger partial charge in [-0.15, -0.1) is 16.5 Å². The Bertz CT molecular complexity index is 509. The number of nitroso groups, excluding NO2 is 1. The highest BCUT2D eigenvalue weighted by molar-refractivity contribution is 6.18. The van der Waals surface area contributed by atoms with Gasteiger partial charge in [-0.2, -0.15) is 5.01 Å². The van der Waals surface area contributed by atoms with Gasteiger partial charge in [0.05, 0.1) is 24.5 Å². The van der Waals surface area contributed by atoms with E-state index in [1.807, 2.05) is 5.32 Å². The van der Waals surface area contributed by atoms with Gasteiger partial charge < -0.3 is 35.2 Å². The summed E-state index contributed by atoms with van der Waals surface area (Å²) in [7, 11) is 0. The fraction of sp³-hybridized carbons (Fsp3) is 0.933. The second-order valence-corrected chi connectivity index (χ2v) is 7.05. The van der Waals surface area contributed by atoms with Crippen LogP contribution in [0.3, 0.4) is 0 Å². The van der Waals surface area contributed by atoms with Crippen LogP contribution in [0.2, 0.25) is 0 Å². The highest BCUT2D eigenvalue weighted by Gasteiger charge is 2.57. The number of hydrogen-bond acceptors (Lipinski definition) is 9. The van der Waals surface area contributed by atoms with Gasteiger partial charge in [-0.3, -0.25) is 0 Å². The molecule has 2 amide bonds. The number of nitrogens with zero attached hydrogens (tertiary/aromatic N) is 2. The average molecular weight is 412 g/mol. The molecule has 0 radical (unpaired) electrons. The molecule has 5 atom stereocenters. The van der Waals surface area contributed by atoms with Gasteiger partial charge >= 0.3 is 6.03 Å². The van der Waals surface area contributed by atoms with Crippen molar-refractivity contribution < 1.29 is 34.7 Å². The largest absolute Gasteiger partial charge is 0.394 e. The fourth-order valence-electron chi connectivity index (χ4n) is 3.24. The van der Waals surface area contributed by atoms with E-state index in [4.69, 9.17) is 21.1 Å². The minimum Gasteiger partial charge on any atom is -0.394 e. The van der Waals surface area contributed by atoms with Crippen LogP contribution < -0.4 is 5.32 Å². The molecule has 1 heterocycles. The van der Waals surface area contributed by atoms with E-state index in [2.05, 4.69) is 5.29 Å². The summed E-state index contributed by atoms with van der Waals surface area (Å²) in [6.45, 7) is -0.874. The summed E-state index contributed by atoms with van der Waals surface area (Å²) in [6.07, 6.45) is -2.50. The Morgan fingerprint density at radius 3 is 2.56 bits per heavy atom. The van der Waals surface area contributed by atoms with Gasteiger partial charge in [-0.05, 0) is 12.8 Å². The lowest BCUT2D eigenvalue weighted by molar-refractivity contribution is -0.356. The summed E-state index contributed by atoms with van der Waals surface area (Å²) in [6, 6.07) is -1.15. The van der Waals surface area contributed by atoms with Gasteiger partial charge in [0.1, 0.15) is 18.3 Å². The molecule has 156 valence electrons. The number of nitrogens with one attached hydrogen (secondary N) is 1. The molecule has 2 aliphatic rings. The number of rotatable bonds is 7. The van der Waals surface area contributed by atoms with Gasteiger partial charge in [-0.25, -0.2) is 4.79 Å². The van der Waals surface area contributed by atoms with E-state index in [1.165, 1.54) is 0 Å². The number of ether oxygens (including phenoxy) is 2. The zero-order valence-corrected chi connectivity index (χ0v) is 15.5. The normalized spacial score (nSPS) is 34.9. The molecule has 0 spiro atoms. The zero-order valence-electron chi connectivity index (χ0n) is 14.7. The minimum atomic E-state index is -2.57. The van der Waals surface area contributed by atoms with Crippen molar-refractivity contribution in [3.05, 3.63) is 4.91 Å². The second-order valence-electron chi connectivity index (χ2n) is 6.67. The Balaban J connectivity index is 2.21. The third-order valence-corrected chi connectivity index (χ3v) is 4.97. The third-order valence-electron chi connectivity index (χ3n) is 4.80. The quantitative estimate of drug-likeness (QED) is 0.160. The van der Waals surface area contributed by atoms with Gasteiger partial charge in [0.2, 0.25) is 12.0 Å². The predicted octanol–water partition coefficient (Wildman–Crippen LogP) is -0.605. The van der Waals surface area contributed by atoms with Crippen molar-refractivity contribution in [1.29, 1.82) is 0 Å². The number of aliphatic hydroxyl groups excluding tert-OH is 3. The van der Waals surface area contributed by atoms with E-state index in [1.54, 1.807) is 0 Å². The van der Waals surface area contributed by atoms with Crippen molar-refractivity contribution in [3.63, 3.8) is 0 Å². The lowest BCUT2D eigenvalue weighted by atomic mass is 9.92. The van der Waals surface area contributed by atoms with E-state index >= 15 is 0 Å². The van der Waals surface area contributed by atoms with Gasteiger partial charge in [0.25, 0.3) is 0 Å². The topological polar surface area (TPSA) is 161 Å². The summed E-state index contributed by atoms with van der Waals surface area (Å²) < 4.78 is 11.2. The van der Waals surface area contributed by atoms with Crippen LogP contribution in [-0.2, 0) is 9.47 Å². The summed E-state index contributed by atoms with van der Waals surface area (Å²) in [4.78, 5) is 23.0. The molecule has 2 rings (SSSR count). The molecule has 11 nitrogen and oxygen atoms in total. The summed E-state index contributed by atoms with van der Waals surface area (Å²) in [5, 5.41) is 45.7. The second kappa shape index (κ2) is 9.92. The number of carbonyl (C=O) groups is 1. The number of aliphatic hydroxyl groups is 4. The number of carbonyl (C=O) groups excluding carboxylic acids is 1. The fourth-order valence-corrected chi connectivity index (χ4v) is 3.40. The van der Waals surface area contributed by atoms with Gasteiger partial charge in [0.15, 0.2) is 0 Å². The maximum Gasteiger partial charge on any atom is 0.342 e. The molecule has 27 heavy (non-hydrogen) atoms. The summed E-state index contributed by atoms with van der Waals surface area (Å²) >= 11 is 5.49. The minimum absolute atomic E-state index is 0.0894. The van der Waals surface area contributed by atoms with Crippen molar-refractivity contribution in [3.8, 4) is 0 Å². The number of alkyl halides is 1. The first-order valence-corrected chi connectivity index (χ1v) is 9.40. The van der Waals surface area contributed by atoms with Crippen molar-refractivity contribution in [1.82, 2.24) is 10.3 Å². The summed E-state index contributed by atoms with van der Waals surface area (Å²) in [5.74, 6) is -0.0894. The Morgan fingerprint density at radius 1 is 1.33 bits per heavy atom. The number of halogens is 1. The van der Waals surface area contributed by atoms with E-state index < -0.39 is 43.0 Å². The van der Waals surface area contributed by atoms with Gasteiger partial charge in [-0.1, -0.05) is 19.3 Å². The molecule has 1 saturated heterocycles. The average Bonchev–Trinajstić information content (AvgIpc) is 2.67. The van der Waals surface area contributed by atoms with Crippen LogP contribution >= 0.6 is 11.6 Å². The molecule has 12 heteroatoms. The molecule has 0 aromatic carbocycles. The molecule has 2 fully saturated rings. The maximum atomic E-state index is 12.2. The molecule has 1 saturated carbocycles. The van der Waals surface area contributed by atoms with E-state index in [9.17, 15) is 30.1 Å². The van der Waals surface area contributed by atoms with Crippen molar-refractivity contribution in [2.45, 2.75) is 68.5 Å². The lowest BCUT2D eigenvalue weighted by Crippen LogP contribution is -2.74. The van der Waals surface area contributed by atoms with Crippen LogP contribution in [0.4, 0.5) is 4.79 Å². The molecular formula is C15H26ClN3O8. The number of urea groups is 1. The zero-order chi connectivity index (χ0) is 20.0. The molecule has 0 aromatic heterocycles.